The van der Waals surface area contributed by atoms with Gasteiger partial charge in [-0.25, -0.2) is 18.9 Å². The molecule has 1 aromatic rings. The van der Waals surface area contributed by atoms with Gasteiger partial charge in [0.2, 0.25) is 15.9 Å². The van der Waals surface area contributed by atoms with E-state index in [1.165, 1.54) is 0 Å². The van der Waals surface area contributed by atoms with Crippen LogP contribution in [0.25, 0.3) is 0 Å². The van der Waals surface area contributed by atoms with Crippen molar-refractivity contribution in [3.8, 4) is 6.07 Å². The lowest BCUT2D eigenvalue weighted by Gasteiger charge is -2.39. The van der Waals surface area contributed by atoms with Gasteiger partial charge in [-0.15, -0.1) is 0 Å². The number of anilines is 1. The van der Waals surface area contributed by atoms with Crippen molar-refractivity contribution < 1.29 is 17.9 Å². The van der Waals surface area contributed by atoms with Crippen LogP contribution < -0.4 is 16.1 Å². The lowest BCUT2D eigenvalue weighted by atomic mass is 9.83. The number of hydrogen-bond donors (Lipinski definition) is 3. The number of ether oxygens (including phenoxy) is 1. The second kappa shape index (κ2) is 10.2. The number of methoxy groups -OCH3 is 1. The van der Waals surface area contributed by atoms with Crippen LogP contribution in [0.3, 0.4) is 0 Å². The van der Waals surface area contributed by atoms with Crippen molar-refractivity contribution in [2.45, 2.75) is 87.6 Å². The number of fused-ring (bicyclic) bond motifs is 2. The molecule has 2 saturated heterocycles. The number of hydrogen-bond acceptors (Lipinski definition) is 8. The average Bonchev–Trinajstić information content (AvgIpc) is 3.38. The quantitative estimate of drug-likeness (QED) is 0.490. The molecule has 5 atom stereocenters. The van der Waals surface area contributed by atoms with Crippen LogP contribution in [-0.2, 0) is 26.1 Å². The minimum absolute atomic E-state index is 0.00266. The Bertz CT molecular complexity index is 1180. The van der Waals surface area contributed by atoms with Gasteiger partial charge in [0.05, 0.1) is 22.8 Å². The van der Waals surface area contributed by atoms with E-state index in [1.54, 1.807) is 23.5 Å². The highest BCUT2D eigenvalue weighted by Crippen LogP contribution is 2.40. The summed E-state index contributed by atoms with van der Waals surface area (Å²) in [6, 6.07) is 7.92. The molecule has 0 radical (unpaired) electrons. The van der Waals surface area contributed by atoms with Gasteiger partial charge in [-0.3, -0.25) is 4.79 Å². The Morgan fingerprint density at radius 1 is 1.22 bits per heavy atom. The Labute approximate surface area is 219 Å². The van der Waals surface area contributed by atoms with Gasteiger partial charge in [-0.1, -0.05) is 12.8 Å². The predicted molar refractivity (Wildman–Crippen MR) is 138 cm³/mol. The molecule has 0 bridgehead atoms. The van der Waals surface area contributed by atoms with Gasteiger partial charge in [-0.2, -0.15) is 9.57 Å². The van der Waals surface area contributed by atoms with E-state index in [0.29, 0.717) is 31.0 Å². The fourth-order valence-corrected chi connectivity index (χ4v) is 8.48. The SMILES string of the molecule is COCCC(C)(C)N1Cc2cc(NC3NN([C@H]4CCCC[C@@H]4C#N)C4CCNC(=O)C34)ccc2S1(=O)=O. The first-order chi connectivity index (χ1) is 17.7. The highest BCUT2D eigenvalue weighted by Gasteiger charge is 2.51. The molecule has 3 aliphatic heterocycles. The van der Waals surface area contributed by atoms with Gasteiger partial charge < -0.3 is 15.4 Å². The zero-order valence-electron chi connectivity index (χ0n) is 21.9. The van der Waals surface area contributed by atoms with E-state index in [1.807, 2.05) is 19.9 Å². The number of nitrogens with one attached hydrogen (secondary N) is 3. The summed E-state index contributed by atoms with van der Waals surface area (Å²) in [5.41, 5.74) is 4.48. The zero-order chi connectivity index (χ0) is 26.4. The summed E-state index contributed by atoms with van der Waals surface area (Å²) in [6.07, 6.45) is 5.04. The molecule has 0 aromatic heterocycles. The first-order valence-corrected chi connectivity index (χ1v) is 14.7. The predicted octanol–water partition coefficient (Wildman–Crippen LogP) is 2.15. The molecule has 202 valence electrons. The third kappa shape index (κ3) is 4.74. The molecule has 1 aromatic carbocycles. The minimum atomic E-state index is -3.61. The monoisotopic (exact) mass is 530 g/mol. The van der Waals surface area contributed by atoms with Crippen LogP contribution in [0.15, 0.2) is 23.1 Å². The van der Waals surface area contributed by atoms with Gasteiger partial charge in [0, 0.05) is 50.1 Å². The molecular weight excluding hydrogens is 492 g/mol. The molecule has 3 heterocycles. The molecule has 5 rings (SSSR count). The van der Waals surface area contributed by atoms with Crippen molar-refractivity contribution in [1.82, 2.24) is 20.1 Å². The number of nitriles is 1. The van der Waals surface area contributed by atoms with E-state index in [-0.39, 0.29) is 36.0 Å². The number of benzene rings is 1. The third-order valence-corrected chi connectivity index (χ3v) is 10.7. The smallest absolute Gasteiger partial charge is 0.244 e. The fraction of sp³-hybridized carbons (Fsp3) is 0.692. The van der Waals surface area contributed by atoms with E-state index >= 15 is 0 Å². The van der Waals surface area contributed by atoms with E-state index in [0.717, 1.165) is 43.4 Å². The Balaban J connectivity index is 1.38. The van der Waals surface area contributed by atoms with Gasteiger partial charge in [0.15, 0.2) is 0 Å². The number of rotatable bonds is 7. The normalized spacial score (nSPS) is 31.8. The topological polar surface area (TPSA) is 127 Å². The largest absolute Gasteiger partial charge is 0.385 e. The maximum Gasteiger partial charge on any atom is 0.244 e. The first kappa shape index (κ1) is 26.4. The molecule has 0 spiro atoms. The molecule has 3 unspecified atom stereocenters. The highest BCUT2D eigenvalue weighted by molar-refractivity contribution is 7.89. The van der Waals surface area contributed by atoms with Crippen molar-refractivity contribution in [2.24, 2.45) is 11.8 Å². The lowest BCUT2D eigenvalue weighted by Crippen LogP contribution is -2.54. The summed E-state index contributed by atoms with van der Waals surface area (Å²) >= 11 is 0. The molecule has 3 N–H and O–H groups in total. The average molecular weight is 531 g/mol. The standard InChI is InChI=1S/C26H38N6O4S/c1-26(2,11-13-36-3)31-16-18-14-19(8-9-22(18)37(31,34)35)29-24-23-21(10-12-28-25(23)33)32(30-24)20-7-5-4-6-17(20)15-27/h8-9,14,17,20-21,23-24,29-30H,4-7,10-13,16H2,1-3H3,(H,28,33)/t17-,20+,21?,23?,24?/m1/s1. The molecule has 4 aliphatic rings. The number of carbonyl (C=O) groups is 1. The maximum absolute atomic E-state index is 13.3. The summed E-state index contributed by atoms with van der Waals surface area (Å²) in [7, 11) is -1.99. The van der Waals surface area contributed by atoms with Crippen LogP contribution in [0.1, 0.15) is 57.9 Å². The third-order valence-electron chi connectivity index (χ3n) is 8.57. The Morgan fingerprint density at radius 3 is 2.76 bits per heavy atom. The number of carbonyl (C=O) groups excluding carboxylic acids is 1. The highest BCUT2D eigenvalue weighted by atomic mass is 32.2. The van der Waals surface area contributed by atoms with E-state index in [4.69, 9.17) is 4.74 Å². The van der Waals surface area contributed by atoms with Crippen molar-refractivity contribution in [3.05, 3.63) is 23.8 Å². The fourth-order valence-electron chi connectivity index (χ4n) is 6.49. The summed E-state index contributed by atoms with van der Waals surface area (Å²) in [5, 5.41) is 18.4. The van der Waals surface area contributed by atoms with Crippen molar-refractivity contribution in [1.29, 1.82) is 5.26 Å². The van der Waals surface area contributed by atoms with Crippen molar-refractivity contribution in [3.63, 3.8) is 0 Å². The number of amides is 1. The molecule has 1 amide bonds. The van der Waals surface area contributed by atoms with Gasteiger partial charge in [0.1, 0.15) is 6.17 Å². The van der Waals surface area contributed by atoms with Crippen LogP contribution in [0.2, 0.25) is 0 Å². The van der Waals surface area contributed by atoms with Crippen LogP contribution in [-0.4, -0.2) is 67.7 Å². The number of nitrogens with zero attached hydrogens (tertiary/aromatic N) is 3. The molecular formula is C26H38N6O4S. The summed E-state index contributed by atoms with van der Waals surface area (Å²) < 4.78 is 33.4. The summed E-state index contributed by atoms with van der Waals surface area (Å²) in [4.78, 5) is 13.3. The van der Waals surface area contributed by atoms with Crippen molar-refractivity contribution >= 4 is 21.6 Å². The second-order valence-electron chi connectivity index (χ2n) is 11.3. The van der Waals surface area contributed by atoms with Crippen LogP contribution in [0, 0.1) is 23.2 Å². The van der Waals surface area contributed by atoms with E-state index in [9.17, 15) is 18.5 Å². The molecule has 1 aliphatic carbocycles. The van der Waals surface area contributed by atoms with E-state index < -0.39 is 15.6 Å². The molecule has 1 saturated carbocycles. The lowest BCUT2D eigenvalue weighted by molar-refractivity contribution is -0.128. The number of sulfonamides is 1. The van der Waals surface area contributed by atoms with Crippen molar-refractivity contribution in [2.75, 3.05) is 25.6 Å². The first-order valence-electron chi connectivity index (χ1n) is 13.3. The van der Waals surface area contributed by atoms with Crippen LogP contribution >= 0.6 is 0 Å². The maximum atomic E-state index is 13.3. The molecule has 3 fully saturated rings. The molecule has 37 heavy (non-hydrogen) atoms. The Morgan fingerprint density at radius 2 is 2.00 bits per heavy atom. The van der Waals surface area contributed by atoms with Crippen LogP contribution in [0.4, 0.5) is 5.69 Å². The summed E-state index contributed by atoms with van der Waals surface area (Å²) in [6.45, 7) is 5.25. The van der Waals surface area contributed by atoms with Gasteiger partial charge >= 0.3 is 0 Å². The number of piperidine rings is 1. The number of hydrazine groups is 1. The Kier molecular flexibility index (Phi) is 7.24. The second-order valence-corrected chi connectivity index (χ2v) is 13.1. The van der Waals surface area contributed by atoms with E-state index in [2.05, 4.69) is 27.1 Å². The zero-order valence-corrected chi connectivity index (χ0v) is 22.7. The minimum Gasteiger partial charge on any atom is -0.385 e. The van der Waals surface area contributed by atoms with Crippen LogP contribution in [0.5, 0.6) is 0 Å². The molecule has 10 nitrogen and oxygen atoms in total. The molecule has 11 heteroatoms. The van der Waals surface area contributed by atoms with Gasteiger partial charge in [0.25, 0.3) is 0 Å². The van der Waals surface area contributed by atoms with Gasteiger partial charge in [-0.05, 0) is 63.3 Å². The summed E-state index contributed by atoms with van der Waals surface area (Å²) in [5.74, 6) is -0.359. The Hall–Kier alpha value is -2.23.